The molecule has 116 valence electrons. The minimum atomic E-state index is -0.667. The Morgan fingerprint density at radius 1 is 1.38 bits per heavy atom. The summed E-state index contributed by atoms with van der Waals surface area (Å²) in [5.74, 6) is -0.00690. The molecule has 4 N–H and O–H groups in total. The zero-order valence-corrected chi connectivity index (χ0v) is 11.7. The number of hydrogen-bond acceptors (Lipinski definition) is 5. The second-order valence-electron chi connectivity index (χ2n) is 4.44. The molecule has 0 radical (unpaired) electrons. The maximum Gasteiger partial charge on any atom is 0.267 e. The van der Waals surface area contributed by atoms with Crippen molar-refractivity contribution in [1.29, 1.82) is 0 Å². The highest BCUT2D eigenvalue weighted by atomic mass is 16.5. The van der Waals surface area contributed by atoms with Crippen LogP contribution in [0.1, 0.15) is 30.9 Å². The first-order valence-electron chi connectivity index (χ1n) is 6.80. The molecule has 1 aromatic carbocycles. The second kappa shape index (κ2) is 9.93. The summed E-state index contributed by atoms with van der Waals surface area (Å²) in [5, 5.41) is 27.3. The van der Waals surface area contributed by atoms with Crippen LogP contribution in [0.2, 0.25) is 0 Å². The quantitative estimate of drug-likeness (QED) is 0.238. The Kier molecular flexibility index (Phi) is 8.11. The van der Waals surface area contributed by atoms with Gasteiger partial charge in [-0.25, -0.2) is 5.48 Å². The van der Waals surface area contributed by atoms with Crippen LogP contribution in [-0.2, 0) is 4.79 Å². The van der Waals surface area contributed by atoms with Gasteiger partial charge >= 0.3 is 0 Å². The monoisotopic (exact) mass is 295 g/mol. The summed E-state index contributed by atoms with van der Waals surface area (Å²) in [6.45, 7) is 0.102. The fourth-order valence-corrected chi connectivity index (χ4v) is 1.86. The van der Waals surface area contributed by atoms with E-state index < -0.39 is 12.0 Å². The van der Waals surface area contributed by atoms with Crippen LogP contribution in [0.5, 0.6) is 5.75 Å². The van der Waals surface area contributed by atoms with Gasteiger partial charge in [0.15, 0.2) is 0 Å². The number of aliphatic hydroxyl groups excluding tert-OH is 2. The molecular weight excluding hydrogens is 274 g/mol. The number of para-hydroxylation sites is 1. The number of unbranched alkanes of at least 4 members (excludes halogenated alkanes) is 1. The Bertz CT molecular complexity index is 461. The van der Waals surface area contributed by atoms with E-state index in [0.29, 0.717) is 30.6 Å². The summed E-state index contributed by atoms with van der Waals surface area (Å²) >= 11 is 0. The van der Waals surface area contributed by atoms with Crippen LogP contribution in [0.25, 0.3) is 0 Å². The molecule has 21 heavy (non-hydrogen) atoms. The zero-order valence-electron chi connectivity index (χ0n) is 11.7. The van der Waals surface area contributed by atoms with Crippen molar-refractivity contribution in [3.63, 3.8) is 0 Å². The predicted octanol–water partition coefficient (Wildman–Crippen LogP) is 1.32. The molecule has 0 aliphatic heterocycles. The van der Waals surface area contributed by atoms with E-state index in [1.165, 1.54) is 11.6 Å². The molecule has 0 saturated heterocycles. The van der Waals surface area contributed by atoms with Gasteiger partial charge < -0.3 is 14.9 Å². The number of hydroxylamine groups is 1. The highest BCUT2D eigenvalue weighted by molar-refractivity contribution is 5.86. The highest BCUT2D eigenvalue weighted by Crippen LogP contribution is 2.28. The lowest BCUT2D eigenvalue weighted by Crippen LogP contribution is -2.14. The van der Waals surface area contributed by atoms with Gasteiger partial charge in [0.05, 0.1) is 12.7 Å². The van der Waals surface area contributed by atoms with Gasteiger partial charge in [-0.3, -0.25) is 10.0 Å². The van der Waals surface area contributed by atoms with E-state index in [1.807, 2.05) is 6.07 Å². The summed E-state index contributed by atoms with van der Waals surface area (Å²) < 4.78 is 5.38. The van der Waals surface area contributed by atoms with Crippen molar-refractivity contribution < 1.29 is 25.0 Å². The minimum absolute atomic E-state index is 0.0812. The number of hydrogen-bond donors (Lipinski definition) is 4. The van der Waals surface area contributed by atoms with Crippen molar-refractivity contribution in [2.45, 2.75) is 25.4 Å². The third-order valence-electron chi connectivity index (χ3n) is 2.85. The van der Waals surface area contributed by atoms with Gasteiger partial charge in [0, 0.05) is 11.6 Å². The van der Waals surface area contributed by atoms with E-state index in [9.17, 15) is 9.90 Å². The maximum absolute atomic E-state index is 10.7. The number of ether oxygens (including phenoxy) is 1. The fourth-order valence-electron chi connectivity index (χ4n) is 1.86. The van der Waals surface area contributed by atoms with Gasteiger partial charge in [-0.2, -0.15) is 0 Å². The van der Waals surface area contributed by atoms with Crippen molar-refractivity contribution in [3.8, 4) is 5.75 Å². The van der Waals surface area contributed by atoms with E-state index in [2.05, 4.69) is 0 Å². The zero-order chi connectivity index (χ0) is 15.5. The van der Waals surface area contributed by atoms with E-state index in [0.717, 1.165) is 0 Å². The van der Waals surface area contributed by atoms with Gasteiger partial charge in [-0.15, -0.1) is 0 Å². The summed E-state index contributed by atoms with van der Waals surface area (Å²) in [7, 11) is 0. The number of aliphatic hydroxyl groups is 2. The Balaban J connectivity index is 2.46. The van der Waals surface area contributed by atoms with Crippen molar-refractivity contribution in [3.05, 3.63) is 42.0 Å². The standard InChI is InChI=1S/C15H21NO5/c17-10-11-21-14-8-5-4-6-12(14)13(18)7-2-1-3-9-15(19)16-20/h3-6,8-9,13,17-18,20H,1-2,7,10-11H2,(H,16,19)/b9-3+/t13-/m1/s1. The van der Waals surface area contributed by atoms with Gasteiger partial charge in [0.25, 0.3) is 5.91 Å². The lowest BCUT2D eigenvalue weighted by molar-refractivity contribution is -0.124. The molecule has 6 nitrogen and oxygen atoms in total. The molecule has 1 amide bonds. The summed E-state index contributed by atoms with van der Waals surface area (Å²) in [5.41, 5.74) is 2.19. The minimum Gasteiger partial charge on any atom is -0.491 e. The Hall–Kier alpha value is -1.89. The molecule has 0 spiro atoms. The molecule has 1 atom stereocenters. The summed E-state index contributed by atoms with van der Waals surface area (Å²) in [6, 6.07) is 7.15. The Morgan fingerprint density at radius 2 is 2.14 bits per heavy atom. The van der Waals surface area contributed by atoms with Gasteiger partial charge in [0.2, 0.25) is 0 Å². The van der Waals surface area contributed by atoms with Crippen LogP contribution in [0.15, 0.2) is 36.4 Å². The average Bonchev–Trinajstić information content (AvgIpc) is 2.52. The number of amides is 1. The average molecular weight is 295 g/mol. The fraction of sp³-hybridized carbons (Fsp3) is 0.400. The van der Waals surface area contributed by atoms with E-state index in [-0.39, 0.29) is 13.2 Å². The van der Waals surface area contributed by atoms with Crippen molar-refractivity contribution in [2.75, 3.05) is 13.2 Å². The lowest BCUT2D eigenvalue weighted by atomic mass is 10.0. The lowest BCUT2D eigenvalue weighted by Gasteiger charge is -2.15. The molecule has 0 aliphatic rings. The van der Waals surface area contributed by atoms with Crippen LogP contribution < -0.4 is 10.2 Å². The van der Waals surface area contributed by atoms with Crippen LogP contribution in [0.4, 0.5) is 0 Å². The highest BCUT2D eigenvalue weighted by Gasteiger charge is 2.12. The van der Waals surface area contributed by atoms with Gasteiger partial charge in [-0.1, -0.05) is 24.3 Å². The third-order valence-corrected chi connectivity index (χ3v) is 2.85. The number of carbonyl (C=O) groups is 1. The molecule has 0 heterocycles. The third kappa shape index (κ3) is 6.40. The molecule has 1 aromatic rings. The van der Waals surface area contributed by atoms with Gasteiger partial charge in [0.1, 0.15) is 12.4 Å². The molecule has 6 heteroatoms. The number of benzene rings is 1. The maximum atomic E-state index is 10.7. The summed E-state index contributed by atoms with van der Waals surface area (Å²) in [6.07, 6.45) is 4.02. The molecule has 0 saturated carbocycles. The number of nitrogens with one attached hydrogen (secondary N) is 1. The Labute approximate surface area is 123 Å². The first-order chi connectivity index (χ1) is 10.2. The molecule has 0 aliphatic carbocycles. The molecular formula is C15H21NO5. The second-order valence-corrected chi connectivity index (χ2v) is 4.44. The molecule has 1 rings (SSSR count). The largest absolute Gasteiger partial charge is 0.491 e. The topological polar surface area (TPSA) is 99.0 Å². The number of allylic oxidation sites excluding steroid dienone is 1. The van der Waals surface area contributed by atoms with Crippen LogP contribution >= 0.6 is 0 Å². The van der Waals surface area contributed by atoms with Crippen molar-refractivity contribution in [2.24, 2.45) is 0 Å². The van der Waals surface area contributed by atoms with Crippen LogP contribution in [-0.4, -0.2) is 34.5 Å². The first-order valence-corrected chi connectivity index (χ1v) is 6.80. The first kappa shape index (κ1) is 17.2. The molecule has 0 bridgehead atoms. The van der Waals surface area contributed by atoms with Crippen LogP contribution in [0.3, 0.4) is 0 Å². The SMILES string of the molecule is O=C(/C=C/CCC[C@@H](O)c1ccccc1OCCO)NO. The smallest absolute Gasteiger partial charge is 0.267 e. The number of rotatable bonds is 9. The molecule has 0 aromatic heterocycles. The van der Waals surface area contributed by atoms with E-state index in [1.54, 1.807) is 24.3 Å². The van der Waals surface area contributed by atoms with Crippen molar-refractivity contribution in [1.82, 2.24) is 5.48 Å². The Morgan fingerprint density at radius 3 is 2.86 bits per heavy atom. The van der Waals surface area contributed by atoms with E-state index >= 15 is 0 Å². The number of carbonyl (C=O) groups excluding carboxylic acids is 1. The van der Waals surface area contributed by atoms with Crippen molar-refractivity contribution >= 4 is 5.91 Å². The molecule has 0 fully saturated rings. The van der Waals surface area contributed by atoms with Crippen LogP contribution in [0, 0.1) is 0 Å². The summed E-state index contributed by atoms with van der Waals surface area (Å²) in [4.78, 5) is 10.7. The predicted molar refractivity (Wildman–Crippen MR) is 76.9 cm³/mol. The van der Waals surface area contributed by atoms with E-state index in [4.69, 9.17) is 15.1 Å². The molecule has 0 unspecified atom stereocenters. The van der Waals surface area contributed by atoms with Gasteiger partial charge in [-0.05, 0) is 25.3 Å². The normalized spacial score (nSPS) is 12.3.